The van der Waals surface area contributed by atoms with Gasteiger partial charge in [0.15, 0.2) is 0 Å². The molecule has 0 saturated carbocycles. The molecule has 0 saturated heterocycles. The van der Waals surface area contributed by atoms with Gasteiger partial charge in [-0.25, -0.2) is 0 Å². The van der Waals surface area contributed by atoms with Crippen molar-refractivity contribution in [2.24, 2.45) is 5.73 Å². The summed E-state index contributed by atoms with van der Waals surface area (Å²) in [5.74, 6) is 0. The molecule has 0 amide bonds. The van der Waals surface area contributed by atoms with Gasteiger partial charge in [-0.2, -0.15) is 0 Å². The van der Waals surface area contributed by atoms with Gasteiger partial charge in [-0.05, 0) is 25.7 Å². The molecule has 0 rings (SSSR count). The third-order valence-corrected chi connectivity index (χ3v) is 3.62. The maximum absolute atomic E-state index is 9.51. The first-order chi connectivity index (χ1) is 10.2. The molecule has 0 heterocycles. The van der Waals surface area contributed by atoms with Crippen molar-refractivity contribution in [2.45, 2.75) is 83.3 Å². The Kier molecular flexibility index (Phi) is 15.3. The molecule has 0 aliphatic heterocycles. The minimum atomic E-state index is -0.744. The highest BCUT2D eigenvalue weighted by molar-refractivity contribution is 4.95. The zero-order chi connectivity index (χ0) is 15.8. The molecule has 0 radical (unpaired) electrons. The van der Waals surface area contributed by atoms with Gasteiger partial charge in [-0.15, -0.1) is 0 Å². The Morgan fingerprint density at radius 2 is 1.43 bits per heavy atom. The maximum atomic E-state index is 9.51. The van der Waals surface area contributed by atoms with E-state index in [-0.39, 0.29) is 6.61 Å². The highest BCUT2D eigenvalue weighted by atomic mass is 16.3. The largest absolute Gasteiger partial charge is 0.395 e. The first-order valence-electron chi connectivity index (χ1n) is 8.58. The van der Waals surface area contributed by atoms with Crippen LogP contribution in [0.25, 0.3) is 0 Å². The summed E-state index contributed by atoms with van der Waals surface area (Å²) >= 11 is 0. The number of nitrogens with two attached hydrogens (primary N) is 1. The van der Waals surface area contributed by atoms with Crippen molar-refractivity contribution < 1.29 is 10.2 Å². The van der Waals surface area contributed by atoms with Crippen LogP contribution in [-0.2, 0) is 0 Å². The number of unbranched alkanes of at least 4 members (excludes halogenated alkanes) is 8. The Morgan fingerprint density at radius 3 is 2.10 bits per heavy atom. The number of rotatable bonds is 14. The predicted molar refractivity (Wildman–Crippen MR) is 91.2 cm³/mol. The van der Waals surface area contributed by atoms with Crippen molar-refractivity contribution in [1.82, 2.24) is 0 Å². The molecular formula is C18H35NO2. The quantitative estimate of drug-likeness (QED) is 0.338. The third kappa shape index (κ3) is 14.1. The lowest BCUT2D eigenvalue weighted by atomic mass is 10.1. The van der Waals surface area contributed by atoms with Crippen molar-refractivity contribution in [2.75, 3.05) is 6.61 Å². The molecule has 0 bridgehead atoms. The van der Waals surface area contributed by atoms with Crippen molar-refractivity contribution in [1.29, 1.82) is 0 Å². The summed E-state index contributed by atoms with van der Waals surface area (Å²) < 4.78 is 0. The maximum Gasteiger partial charge on any atom is 0.0894 e. The Morgan fingerprint density at radius 1 is 0.857 bits per heavy atom. The molecule has 1 unspecified atom stereocenters. The summed E-state index contributed by atoms with van der Waals surface area (Å²) in [5.41, 5.74) is 5.50. The second-order valence-electron chi connectivity index (χ2n) is 5.72. The fourth-order valence-corrected chi connectivity index (χ4v) is 2.13. The summed E-state index contributed by atoms with van der Waals surface area (Å²) in [6.45, 7) is 2.06. The van der Waals surface area contributed by atoms with Gasteiger partial charge < -0.3 is 15.9 Å². The van der Waals surface area contributed by atoms with Crippen LogP contribution < -0.4 is 5.73 Å². The summed E-state index contributed by atoms with van der Waals surface area (Å²) in [4.78, 5) is 0. The molecule has 0 aromatic carbocycles. The van der Waals surface area contributed by atoms with Crippen LogP contribution in [0.3, 0.4) is 0 Å². The van der Waals surface area contributed by atoms with Gasteiger partial charge in [0, 0.05) is 0 Å². The van der Waals surface area contributed by atoms with Crippen molar-refractivity contribution in [3.63, 3.8) is 0 Å². The number of hydrogen-bond donors (Lipinski definition) is 3. The molecule has 0 fully saturated rings. The number of aliphatic hydroxyl groups is 2. The minimum absolute atomic E-state index is 0.191. The van der Waals surface area contributed by atoms with E-state index in [1.807, 2.05) is 6.08 Å². The highest BCUT2D eigenvalue weighted by Gasteiger charge is 2.08. The lowest BCUT2D eigenvalue weighted by molar-refractivity contribution is 0.144. The van der Waals surface area contributed by atoms with Crippen LogP contribution in [0.5, 0.6) is 0 Å². The standard InChI is InChI=1S/C18H35NO2/c1-2-3-4-5-6-7-8-9-10-11-12-13-14-15-18(21)17(19)16-20/h10-11,14-15,17-18,20-21H,2-9,12-13,16,19H2,1H3/b11-10+,15-14+/t17-,18?/m1/s1. The molecule has 3 heteroatoms. The van der Waals surface area contributed by atoms with Crippen LogP contribution in [0.1, 0.15) is 71.1 Å². The summed E-state index contributed by atoms with van der Waals surface area (Å²) in [5, 5.41) is 18.3. The fraction of sp³-hybridized carbons (Fsp3) is 0.778. The molecule has 0 aromatic rings. The van der Waals surface area contributed by atoms with Crippen LogP contribution in [0.2, 0.25) is 0 Å². The van der Waals surface area contributed by atoms with Crippen molar-refractivity contribution in [3.05, 3.63) is 24.3 Å². The Labute approximate surface area is 130 Å². The second-order valence-corrected chi connectivity index (χ2v) is 5.72. The SMILES string of the molecule is CCCCCCCCC/C=C/CC/C=C/C(O)[C@H](N)CO. The predicted octanol–water partition coefficient (Wildman–Crippen LogP) is 3.70. The molecule has 3 nitrogen and oxygen atoms in total. The molecule has 0 aliphatic rings. The van der Waals surface area contributed by atoms with E-state index in [0.717, 1.165) is 12.8 Å². The van der Waals surface area contributed by atoms with E-state index in [2.05, 4.69) is 19.1 Å². The van der Waals surface area contributed by atoms with Crippen molar-refractivity contribution >= 4 is 0 Å². The summed E-state index contributed by atoms with van der Waals surface area (Å²) in [6.07, 6.45) is 19.9. The topological polar surface area (TPSA) is 66.5 Å². The van der Waals surface area contributed by atoms with Gasteiger partial charge in [0.05, 0.1) is 18.8 Å². The molecule has 0 aromatic heterocycles. The first-order valence-corrected chi connectivity index (χ1v) is 8.58. The van der Waals surface area contributed by atoms with Gasteiger partial charge in [0.1, 0.15) is 0 Å². The van der Waals surface area contributed by atoms with E-state index in [0.29, 0.717) is 0 Å². The van der Waals surface area contributed by atoms with E-state index < -0.39 is 12.1 Å². The zero-order valence-corrected chi connectivity index (χ0v) is 13.7. The normalized spacial score (nSPS) is 15.0. The molecule has 2 atom stereocenters. The minimum Gasteiger partial charge on any atom is -0.395 e. The van der Waals surface area contributed by atoms with E-state index in [4.69, 9.17) is 10.8 Å². The van der Waals surface area contributed by atoms with Gasteiger partial charge in [-0.1, -0.05) is 69.8 Å². The molecular weight excluding hydrogens is 262 g/mol. The van der Waals surface area contributed by atoms with Crippen LogP contribution in [0, 0.1) is 0 Å². The van der Waals surface area contributed by atoms with Crippen LogP contribution in [-0.4, -0.2) is 29.0 Å². The molecule has 0 aliphatic carbocycles. The zero-order valence-electron chi connectivity index (χ0n) is 13.7. The van der Waals surface area contributed by atoms with Gasteiger partial charge in [-0.3, -0.25) is 0 Å². The Bertz CT molecular complexity index is 264. The van der Waals surface area contributed by atoms with Crippen LogP contribution in [0.4, 0.5) is 0 Å². The van der Waals surface area contributed by atoms with Gasteiger partial charge in [0.2, 0.25) is 0 Å². The second kappa shape index (κ2) is 15.7. The third-order valence-electron chi connectivity index (χ3n) is 3.62. The van der Waals surface area contributed by atoms with E-state index >= 15 is 0 Å². The average molecular weight is 297 g/mol. The highest BCUT2D eigenvalue weighted by Crippen LogP contribution is 2.09. The van der Waals surface area contributed by atoms with E-state index in [1.165, 1.54) is 51.4 Å². The molecule has 124 valence electrons. The van der Waals surface area contributed by atoms with Gasteiger partial charge in [0.25, 0.3) is 0 Å². The molecule has 4 N–H and O–H groups in total. The molecule has 21 heavy (non-hydrogen) atoms. The summed E-state index contributed by atoms with van der Waals surface area (Å²) in [6, 6.07) is -0.575. The molecule has 0 spiro atoms. The number of allylic oxidation sites excluding steroid dienone is 3. The Balaban J connectivity index is 3.35. The average Bonchev–Trinajstić information content (AvgIpc) is 2.50. The number of aliphatic hydroxyl groups excluding tert-OH is 2. The summed E-state index contributed by atoms with van der Waals surface area (Å²) in [7, 11) is 0. The monoisotopic (exact) mass is 297 g/mol. The van der Waals surface area contributed by atoms with E-state index in [9.17, 15) is 5.11 Å². The number of hydrogen-bond acceptors (Lipinski definition) is 3. The van der Waals surface area contributed by atoms with Crippen LogP contribution in [0.15, 0.2) is 24.3 Å². The first kappa shape index (κ1) is 20.4. The van der Waals surface area contributed by atoms with E-state index in [1.54, 1.807) is 6.08 Å². The fourth-order valence-electron chi connectivity index (χ4n) is 2.13. The van der Waals surface area contributed by atoms with Crippen molar-refractivity contribution in [3.8, 4) is 0 Å². The van der Waals surface area contributed by atoms with Crippen LogP contribution >= 0.6 is 0 Å². The smallest absolute Gasteiger partial charge is 0.0894 e. The Hall–Kier alpha value is -0.640. The lowest BCUT2D eigenvalue weighted by Crippen LogP contribution is -2.36. The van der Waals surface area contributed by atoms with Gasteiger partial charge >= 0.3 is 0 Å². The lowest BCUT2D eigenvalue weighted by Gasteiger charge is -2.11.